The molecule has 0 aromatic heterocycles. The largest absolute Gasteiger partial charge is 0.508 e. The van der Waals surface area contributed by atoms with Crippen molar-refractivity contribution in [3.8, 4) is 51.7 Å². The summed E-state index contributed by atoms with van der Waals surface area (Å²) in [5.74, 6) is -6.26. The zero-order chi connectivity index (χ0) is 29.2. The van der Waals surface area contributed by atoms with E-state index in [1.165, 1.54) is 42.5 Å². The van der Waals surface area contributed by atoms with E-state index in [4.69, 9.17) is 9.47 Å². The Morgan fingerprint density at radius 1 is 0.610 bits per heavy atom. The van der Waals surface area contributed by atoms with E-state index < -0.39 is 58.4 Å². The van der Waals surface area contributed by atoms with Gasteiger partial charge in [0.15, 0.2) is 23.1 Å². The van der Waals surface area contributed by atoms with E-state index in [0.29, 0.717) is 11.1 Å². The van der Waals surface area contributed by atoms with E-state index in [9.17, 15) is 45.3 Å². The Morgan fingerprint density at radius 2 is 1.29 bits per heavy atom. The fraction of sp³-hybridized carbons (Fsp3) is 0.133. The molecule has 11 heteroatoms. The highest BCUT2D eigenvalue weighted by molar-refractivity contribution is 6.09. The predicted octanol–water partition coefficient (Wildman–Crippen LogP) is 4.43. The molecule has 0 aliphatic carbocycles. The number of aromatic hydroxyl groups is 7. The molecule has 11 nitrogen and oxygen atoms in total. The number of ether oxygens (including phenoxy) is 2. The molecule has 0 unspecified atom stereocenters. The number of hydrogen-bond acceptors (Lipinski definition) is 11. The van der Waals surface area contributed by atoms with E-state index in [2.05, 4.69) is 0 Å². The lowest BCUT2D eigenvalue weighted by molar-refractivity contribution is 0.0738. The standard InChI is InChI=1S/C30H22O11/c31-14-4-1-12(2-5-14)29-27(28(39)25-18(35)8-15(32)9-23(25)41-29)26-20(37)10-19(36)24-21(38)11-22(40-30(24)26)13-3-6-16(33)17(34)7-13/h1-10,22,27,29,31-37H,11H2/t22-,27-,29+/m0/s1. The van der Waals surface area contributed by atoms with Crippen molar-refractivity contribution in [2.45, 2.75) is 24.5 Å². The van der Waals surface area contributed by atoms with Gasteiger partial charge in [0.2, 0.25) is 0 Å². The maximum Gasteiger partial charge on any atom is 0.182 e. The molecule has 3 atom stereocenters. The van der Waals surface area contributed by atoms with E-state index in [-0.39, 0.29) is 46.1 Å². The van der Waals surface area contributed by atoms with Crippen LogP contribution in [0.1, 0.15) is 62.0 Å². The van der Waals surface area contributed by atoms with Crippen molar-refractivity contribution in [1.82, 2.24) is 0 Å². The smallest absolute Gasteiger partial charge is 0.182 e. The van der Waals surface area contributed by atoms with Gasteiger partial charge in [0.25, 0.3) is 0 Å². The first-order valence-corrected chi connectivity index (χ1v) is 12.4. The molecule has 4 aromatic carbocycles. The lowest BCUT2D eigenvalue weighted by atomic mass is 9.78. The molecule has 0 bridgehead atoms. The second kappa shape index (κ2) is 9.26. The minimum absolute atomic E-state index is 0.0677. The van der Waals surface area contributed by atoms with E-state index in [1.54, 1.807) is 0 Å². The summed E-state index contributed by atoms with van der Waals surface area (Å²) < 4.78 is 12.2. The van der Waals surface area contributed by atoms with Gasteiger partial charge in [0.05, 0.1) is 17.9 Å². The summed E-state index contributed by atoms with van der Waals surface area (Å²) in [5, 5.41) is 71.9. The number of fused-ring (bicyclic) bond motifs is 2. The summed E-state index contributed by atoms with van der Waals surface area (Å²) >= 11 is 0. The molecule has 4 aromatic rings. The molecule has 7 N–H and O–H groups in total. The van der Waals surface area contributed by atoms with Crippen LogP contribution in [0.2, 0.25) is 0 Å². The predicted molar refractivity (Wildman–Crippen MR) is 140 cm³/mol. The van der Waals surface area contributed by atoms with Crippen LogP contribution in [0.25, 0.3) is 0 Å². The molecule has 0 spiro atoms. The number of rotatable bonds is 3. The van der Waals surface area contributed by atoms with Gasteiger partial charge in [-0.25, -0.2) is 0 Å². The first kappa shape index (κ1) is 25.7. The second-order valence-electron chi connectivity index (χ2n) is 9.82. The highest BCUT2D eigenvalue weighted by Gasteiger charge is 2.46. The van der Waals surface area contributed by atoms with Gasteiger partial charge < -0.3 is 45.2 Å². The number of carbonyl (C=O) groups is 2. The molecular weight excluding hydrogens is 536 g/mol. The van der Waals surface area contributed by atoms with Gasteiger partial charge in [-0.1, -0.05) is 18.2 Å². The van der Waals surface area contributed by atoms with Crippen LogP contribution < -0.4 is 9.47 Å². The van der Waals surface area contributed by atoms with Crippen molar-refractivity contribution in [2.75, 3.05) is 0 Å². The van der Waals surface area contributed by atoms with Crippen molar-refractivity contribution in [3.05, 3.63) is 88.5 Å². The molecule has 0 radical (unpaired) electrons. The molecule has 41 heavy (non-hydrogen) atoms. The number of Topliss-reactive ketones (excluding diaryl/α,β-unsaturated/α-hetero) is 2. The van der Waals surface area contributed by atoms with Crippen molar-refractivity contribution >= 4 is 11.6 Å². The topological polar surface area (TPSA) is 194 Å². The summed E-state index contributed by atoms with van der Waals surface area (Å²) in [4.78, 5) is 27.4. The van der Waals surface area contributed by atoms with Gasteiger partial charge in [-0.2, -0.15) is 0 Å². The zero-order valence-electron chi connectivity index (χ0n) is 21.0. The average molecular weight is 558 g/mol. The summed E-state index contributed by atoms with van der Waals surface area (Å²) in [6, 6.07) is 12.5. The molecule has 208 valence electrons. The molecule has 0 saturated heterocycles. The Hall–Kier alpha value is -5.58. The van der Waals surface area contributed by atoms with E-state index in [0.717, 1.165) is 18.2 Å². The fourth-order valence-electron chi connectivity index (χ4n) is 5.35. The molecular formula is C30H22O11. The summed E-state index contributed by atoms with van der Waals surface area (Å²) in [6.45, 7) is 0. The van der Waals surface area contributed by atoms with Crippen LogP contribution in [0.5, 0.6) is 51.7 Å². The lowest BCUT2D eigenvalue weighted by Crippen LogP contribution is -2.32. The highest BCUT2D eigenvalue weighted by Crippen LogP contribution is 2.55. The average Bonchev–Trinajstić information content (AvgIpc) is 2.90. The molecule has 2 aliphatic heterocycles. The maximum absolute atomic E-state index is 14.1. The Morgan fingerprint density at radius 3 is 2.00 bits per heavy atom. The molecule has 2 aliphatic rings. The van der Waals surface area contributed by atoms with Crippen LogP contribution in [0.3, 0.4) is 0 Å². The van der Waals surface area contributed by atoms with Gasteiger partial charge in [-0.05, 0) is 35.4 Å². The Balaban J connectivity index is 1.57. The van der Waals surface area contributed by atoms with Crippen LogP contribution in [0, 0.1) is 0 Å². The van der Waals surface area contributed by atoms with Gasteiger partial charge in [-0.15, -0.1) is 0 Å². The monoisotopic (exact) mass is 558 g/mol. The third kappa shape index (κ3) is 4.15. The van der Waals surface area contributed by atoms with Crippen LogP contribution in [0.15, 0.2) is 60.7 Å². The quantitative estimate of drug-likeness (QED) is 0.176. The van der Waals surface area contributed by atoms with Crippen LogP contribution in [-0.2, 0) is 0 Å². The Labute approximate surface area is 231 Å². The van der Waals surface area contributed by atoms with Crippen molar-refractivity contribution in [1.29, 1.82) is 0 Å². The fourth-order valence-corrected chi connectivity index (χ4v) is 5.35. The summed E-state index contributed by atoms with van der Waals surface area (Å²) in [6.07, 6.45) is -2.52. The van der Waals surface area contributed by atoms with Crippen LogP contribution in [-0.4, -0.2) is 47.3 Å². The van der Waals surface area contributed by atoms with Gasteiger partial charge in [-0.3, -0.25) is 9.59 Å². The number of hydrogen-bond donors (Lipinski definition) is 7. The van der Waals surface area contributed by atoms with Crippen LogP contribution >= 0.6 is 0 Å². The first-order chi connectivity index (χ1) is 19.5. The van der Waals surface area contributed by atoms with E-state index in [1.807, 2.05) is 0 Å². The molecule has 6 rings (SSSR count). The van der Waals surface area contributed by atoms with Gasteiger partial charge in [0, 0.05) is 18.2 Å². The Bertz CT molecular complexity index is 1740. The number of ketones is 2. The lowest BCUT2D eigenvalue weighted by Gasteiger charge is -2.36. The molecule has 2 heterocycles. The SMILES string of the molecule is O=C1C[C@@H](c2ccc(O)c(O)c2)Oc2c1c(O)cc(O)c2[C@H]1C(=O)c2c(O)cc(O)cc2O[C@@H]1c1ccc(O)cc1. The third-order valence-corrected chi connectivity index (χ3v) is 7.24. The van der Waals surface area contributed by atoms with E-state index >= 15 is 0 Å². The van der Waals surface area contributed by atoms with Crippen molar-refractivity contribution in [2.24, 2.45) is 0 Å². The molecule has 0 saturated carbocycles. The normalized spacial score (nSPS) is 19.6. The molecule has 0 fully saturated rings. The maximum atomic E-state index is 14.1. The number of phenols is 7. The number of phenolic OH excluding ortho intramolecular Hbond substituents is 7. The second-order valence-corrected chi connectivity index (χ2v) is 9.82. The molecule has 0 amide bonds. The number of carbonyl (C=O) groups excluding carboxylic acids is 2. The zero-order valence-corrected chi connectivity index (χ0v) is 21.0. The third-order valence-electron chi connectivity index (χ3n) is 7.24. The minimum Gasteiger partial charge on any atom is -0.508 e. The summed E-state index contributed by atoms with van der Waals surface area (Å²) in [7, 11) is 0. The highest BCUT2D eigenvalue weighted by atomic mass is 16.5. The van der Waals surface area contributed by atoms with Gasteiger partial charge >= 0.3 is 0 Å². The Kier molecular flexibility index (Phi) is 5.80. The van der Waals surface area contributed by atoms with Gasteiger partial charge in [0.1, 0.15) is 63.6 Å². The first-order valence-electron chi connectivity index (χ1n) is 12.4. The summed E-state index contributed by atoms with van der Waals surface area (Å²) in [5.41, 5.74) is -0.118. The minimum atomic E-state index is -1.45. The number of benzene rings is 4. The van der Waals surface area contributed by atoms with Crippen molar-refractivity contribution in [3.63, 3.8) is 0 Å². The van der Waals surface area contributed by atoms with Crippen LogP contribution in [0.4, 0.5) is 0 Å². The van der Waals surface area contributed by atoms with Crippen molar-refractivity contribution < 1.29 is 54.8 Å².